The number of rotatable bonds is 3. The topological polar surface area (TPSA) is 49.9 Å². The molecule has 0 saturated heterocycles. The Labute approximate surface area is 60.1 Å². The molecule has 0 aromatic heterocycles. The molecule has 0 atom stereocenters. The fourth-order valence-electron chi connectivity index (χ4n) is 0.453. The summed E-state index contributed by atoms with van der Waals surface area (Å²) in [5, 5.41) is 0. The zero-order valence-corrected chi connectivity index (χ0v) is 6.68. The van der Waals surface area contributed by atoms with Crippen LogP contribution in [0.2, 0.25) is 0 Å². The van der Waals surface area contributed by atoms with E-state index in [9.17, 15) is 8.42 Å². The third-order valence-corrected chi connectivity index (χ3v) is 2.49. The SMILES string of the molecule is CN(CC1=CO1)S(C)(=O)=O. The highest BCUT2D eigenvalue weighted by molar-refractivity contribution is 7.88. The van der Waals surface area contributed by atoms with Gasteiger partial charge in [-0.3, -0.25) is 0 Å². The number of sulfonamides is 1. The zero-order chi connectivity index (χ0) is 7.78. The van der Waals surface area contributed by atoms with E-state index >= 15 is 0 Å². The van der Waals surface area contributed by atoms with Gasteiger partial charge in [-0.25, -0.2) is 8.42 Å². The Morgan fingerprint density at radius 2 is 2.20 bits per heavy atom. The van der Waals surface area contributed by atoms with Gasteiger partial charge in [0, 0.05) is 7.05 Å². The van der Waals surface area contributed by atoms with Crippen molar-refractivity contribution in [2.24, 2.45) is 0 Å². The average molecular weight is 163 g/mol. The fraction of sp³-hybridized carbons (Fsp3) is 0.600. The van der Waals surface area contributed by atoms with Gasteiger partial charge >= 0.3 is 0 Å². The Kier molecular flexibility index (Phi) is 1.70. The fourth-order valence-corrected chi connectivity index (χ4v) is 0.815. The van der Waals surface area contributed by atoms with Crippen LogP contribution in [0, 0.1) is 0 Å². The molecule has 1 heterocycles. The number of hydrogen-bond acceptors (Lipinski definition) is 3. The average Bonchev–Trinajstić information content (AvgIpc) is 2.47. The zero-order valence-electron chi connectivity index (χ0n) is 5.86. The molecule has 58 valence electrons. The van der Waals surface area contributed by atoms with Crippen LogP contribution in [-0.4, -0.2) is 32.6 Å². The van der Waals surface area contributed by atoms with E-state index in [1.54, 1.807) is 0 Å². The van der Waals surface area contributed by atoms with Gasteiger partial charge in [-0.05, 0) is 0 Å². The number of ether oxygens (including phenoxy) is 1. The summed E-state index contributed by atoms with van der Waals surface area (Å²) >= 11 is 0. The summed E-state index contributed by atoms with van der Waals surface area (Å²) in [4.78, 5) is 0. The molecular weight excluding hydrogens is 154 g/mol. The molecule has 0 saturated carbocycles. The molecule has 0 aromatic carbocycles. The highest BCUT2D eigenvalue weighted by atomic mass is 32.2. The molecule has 0 fully saturated rings. The second-order valence-electron chi connectivity index (χ2n) is 2.22. The van der Waals surface area contributed by atoms with Crippen LogP contribution in [0.25, 0.3) is 0 Å². The summed E-state index contributed by atoms with van der Waals surface area (Å²) in [6, 6.07) is 0. The van der Waals surface area contributed by atoms with Crippen LogP contribution in [0.5, 0.6) is 0 Å². The van der Waals surface area contributed by atoms with Gasteiger partial charge < -0.3 is 4.74 Å². The molecule has 10 heavy (non-hydrogen) atoms. The third-order valence-electron chi connectivity index (χ3n) is 1.23. The standard InChI is InChI=1S/C5H9NO3S/c1-6(10(2,7)8)3-5-4-9-5/h4H,3H2,1-2H3. The summed E-state index contributed by atoms with van der Waals surface area (Å²) < 4.78 is 27.4. The van der Waals surface area contributed by atoms with Gasteiger partial charge in [0.05, 0.1) is 12.8 Å². The van der Waals surface area contributed by atoms with Gasteiger partial charge in [-0.1, -0.05) is 0 Å². The molecule has 1 aliphatic heterocycles. The lowest BCUT2D eigenvalue weighted by Crippen LogP contribution is -2.26. The quantitative estimate of drug-likeness (QED) is 0.576. The second-order valence-corrected chi connectivity index (χ2v) is 4.31. The lowest BCUT2D eigenvalue weighted by molar-refractivity contribution is 0.431. The van der Waals surface area contributed by atoms with Crippen molar-refractivity contribution in [3.63, 3.8) is 0 Å². The second kappa shape index (κ2) is 2.25. The first-order valence-electron chi connectivity index (χ1n) is 2.77. The lowest BCUT2D eigenvalue weighted by atomic mass is 10.6. The van der Waals surface area contributed by atoms with Crippen molar-refractivity contribution in [3.05, 3.63) is 12.0 Å². The van der Waals surface area contributed by atoms with Gasteiger partial charge in [0.15, 0.2) is 5.76 Å². The molecule has 5 heteroatoms. The molecule has 0 spiro atoms. The minimum absolute atomic E-state index is 0.346. The van der Waals surface area contributed by atoms with Crippen molar-refractivity contribution in [3.8, 4) is 0 Å². The predicted octanol–water partition coefficient (Wildman–Crippen LogP) is -0.251. The molecular formula is C5H9NO3S. The molecule has 4 nitrogen and oxygen atoms in total. The Bertz CT molecular complexity index is 254. The molecule has 0 aromatic rings. The lowest BCUT2D eigenvalue weighted by Gasteiger charge is -2.09. The van der Waals surface area contributed by atoms with Crippen LogP contribution in [-0.2, 0) is 14.8 Å². The van der Waals surface area contributed by atoms with Crippen LogP contribution in [0.1, 0.15) is 0 Å². The Balaban J connectivity index is 2.48. The summed E-state index contributed by atoms with van der Waals surface area (Å²) in [6.45, 7) is 0.346. The van der Waals surface area contributed by atoms with E-state index in [2.05, 4.69) is 4.74 Å². The van der Waals surface area contributed by atoms with E-state index in [4.69, 9.17) is 0 Å². The number of hydrogen-bond donors (Lipinski definition) is 0. The first kappa shape index (κ1) is 7.56. The maximum absolute atomic E-state index is 10.7. The molecule has 0 amide bonds. The molecule has 0 N–H and O–H groups in total. The van der Waals surface area contributed by atoms with E-state index in [0.29, 0.717) is 12.3 Å². The van der Waals surface area contributed by atoms with E-state index in [-0.39, 0.29) is 0 Å². The van der Waals surface area contributed by atoms with Gasteiger partial charge in [0.2, 0.25) is 10.0 Å². The van der Waals surface area contributed by atoms with Crippen molar-refractivity contribution >= 4 is 10.0 Å². The van der Waals surface area contributed by atoms with E-state index < -0.39 is 10.0 Å². The number of nitrogens with zero attached hydrogens (tertiary/aromatic N) is 1. The van der Waals surface area contributed by atoms with E-state index in [1.165, 1.54) is 17.6 Å². The van der Waals surface area contributed by atoms with Crippen molar-refractivity contribution < 1.29 is 13.2 Å². The highest BCUT2D eigenvalue weighted by Crippen LogP contribution is 2.14. The molecule has 0 unspecified atom stereocenters. The molecule has 1 rings (SSSR count). The predicted molar refractivity (Wildman–Crippen MR) is 36.6 cm³/mol. The minimum atomic E-state index is -3.05. The molecule has 0 bridgehead atoms. The Morgan fingerprint density at radius 3 is 2.50 bits per heavy atom. The van der Waals surface area contributed by atoms with Gasteiger partial charge in [-0.2, -0.15) is 4.31 Å². The van der Waals surface area contributed by atoms with Crippen LogP contribution in [0.3, 0.4) is 0 Å². The van der Waals surface area contributed by atoms with Crippen molar-refractivity contribution in [1.82, 2.24) is 4.31 Å². The van der Waals surface area contributed by atoms with Crippen LogP contribution < -0.4 is 0 Å². The maximum Gasteiger partial charge on any atom is 0.211 e. The van der Waals surface area contributed by atoms with Gasteiger partial charge in [0.25, 0.3) is 0 Å². The summed E-state index contributed by atoms with van der Waals surface area (Å²) in [5.74, 6) is 0.716. The van der Waals surface area contributed by atoms with Crippen molar-refractivity contribution in [1.29, 1.82) is 0 Å². The first-order chi connectivity index (χ1) is 4.50. The molecule has 0 radical (unpaired) electrons. The Morgan fingerprint density at radius 1 is 1.70 bits per heavy atom. The normalized spacial score (nSPS) is 16.5. The monoisotopic (exact) mass is 163 g/mol. The van der Waals surface area contributed by atoms with Crippen LogP contribution in [0.15, 0.2) is 12.0 Å². The van der Waals surface area contributed by atoms with E-state index in [0.717, 1.165) is 6.26 Å². The largest absolute Gasteiger partial charge is 0.461 e. The van der Waals surface area contributed by atoms with Gasteiger partial charge in [-0.15, -0.1) is 0 Å². The van der Waals surface area contributed by atoms with Crippen molar-refractivity contribution in [2.75, 3.05) is 19.8 Å². The summed E-state index contributed by atoms with van der Waals surface area (Å²) in [7, 11) is -1.53. The van der Waals surface area contributed by atoms with Gasteiger partial charge in [0.1, 0.15) is 6.26 Å². The number of likely N-dealkylation sites (N-methyl/N-ethyl adjacent to an activating group) is 1. The van der Waals surface area contributed by atoms with Crippen LogP contribution in [0.4, 0.5) is 0 Å². The summed E-state index contributed by atoms with van der Waals surface area (Å²) in [5.41, 5.74) is 0. The third kappa shape index (κ3) is 2.00. The van der Waals surface area contributed by atoms with E-state index in [1.807, 2.05) is 0 Å². The maximum atomic E-state index is 10.7. The smallest absolute Gasteiger partial charge is 0.211 e. The minimum Gasteiger partial charge on any atom is -0.461 e. The van der Waals surface area contributed by atoms with Crippen molar-refractivity contribution in [2.45, 2.75) is 0 Å². The summed E-state index contributed by atoms with van der Waals surface area (Å²) in [6.07, 6.45) is 2.69. The Hall–Kier alpha value is -0.550. The first-order valence-corrected chi connectivity index (χ1v) is 4.62. The highest BCUT2D eigenvalue weighted by Gasteiger charge is 2.18. The molecule has 0 aliphatic carbocycles. The molecule has 1 aliphatic rings. The van der Waals surface area contributed by atoms with Crippen LogP contribution >= 0.6 is 0 Å².